The lowest BCUT2D eigenvalue weighted by Gasteiger charge is -2.30. The van der Waals surface area contributed by atoms with Crippen LogP contribution in [0.15, 0.2) is 18.2 Å². The Bertz CT molecular complexity index is 419. The fraction of sp³-hybridized carbons (Fsp3) is 0.538. The molecule has 0 aliphatic heterocycles. The van der Waals surface area contributed by atoms with Gasteiger partial charge in [-0.3, -0.25) is 0 Å². The number of nitrogen functional groups attached to an aromatic ring is 1. The minimum absolute atomic E-state index is 0.0686. The van der Waals surface area contributed by atoms with Crippen molar-refractivity contribution >= 4 is 11.4 Å². The number of nitrogens with two attached hydrogens (primary N) is 1. The first-order valence-electron chi connectivity index (χ1n) is 5.75. The lowest BCUT2D eigenvalue weighted by atomic mass is 9.88. The molecule has 1 unspecified atom stereocenters. The number of nitrogens with one attached hydrogen (secondary N) is 1. The summed E-state index contributed by atoms with van der Waals surface area (Å²) in [6.07, 6.45) is -4.41. The quantitative estimate of drug-likeness (QED) is 0.784. The van der Waals surface area contributed by atoms with Crippen LogP contribution in [0, 0.1) is 5.41 Å². The number of rotatable bonds is 2. The number of benzene rings is 1. The van der Waals surface area contributed by atoms with Gasteiger partial charge in [0.2, 0.25) is 0 Å². The van der Waals surface area contributed by atoms with E-state index < -0.39 is 11.7 Å². The van der Waals surface area contributed by atoms with Gasteiger partial charge in [0.15, 0.2) is 0 Å². The molecule has 0 saturated carbocycles. The van der Waals surface area contributed by atoms with Crippen molar-refractivity contribution in [1.82, 2.24) is 0 Å². The molecule has 0 spiro atoms. The van der Waals surface area contributed by atoms with Gasteiger partial charge in [-0.25, -0.2) is 0 Å². The van der Waals surface area contributed by atoms with Gasteiger partial charge < -0.3 is 11.1 Å². The first kappa shape index (κ1) is 14.7. The molecule has 0 aliphatic rings. The fourth-order valence-electron chi connectivity index (χ4n) is 1.37. The zero-order valence-corrected chi connectivity index (χ0v) is 11.0. The molecule has 1 aromatic carbocycles. The van der Waals surface area contributed by atoms with Crippen molar-refractivity contribution in [2.24, 2.45) is 5.41 Å². The molecule has 1 rings (SSSR count). The summed E-state index contributed by atoms with van der Waals surface area (Å²) in [6, 6.07) is 3.70. The second-order valence-electron chi connectivity index (χ2n) is 5.53. The van der Waals surface area contributed by atoms with Crippen molar-refractivity contribution in [1.29, 1.82) is 0 Å². The number of halogens is 3. The Hall–Kier alpha value is -1.39. The molecule has 0 amide bonds. The van der Waals surface area contributed by atoms with E-state index in [0.717, 1.165) is 6.07 Å². The van der Waals surface area contributed by atoms with E-state index in [0.29, 0.717) is 0 Å². The third-order valence-electron chi connectivity index (χ3n) is 3.02. The molecule has 1 atom stereocenters. The average molecular weight is 260 g/mol. The molecule has 2 nitrogen and oxygen atoms in total. The maximum Gasteiger partial charge on any atom is 0.418 e. The van der Waals surface area contributed by atoms with Crippen LogP contribution in [-0.4, -0.2) is 6.04 Å². The summed E-state index contributed by atoms with van der Waals surface area (Å²) < 4.78 is 38.6. The monoisotopic (exact) mass is 260 g/mol. The van der Waals surface area contributed by atoms with E-state index in [4.69, 9.17) is 5.73 Å². The second-order valence-corrected chi connectivity index (χ2v) is 5.53. The van der Waals surface area contributed by atoms with Crippen LogP contribution in [0.2, 0.25) is 0 Å². The first-order valence-corrected chi connectivity index (χ1v) is 5.75. The molecular formula is C13H19F3N2. The van der Waals surface area contributed by atoms with Crippen molar-refractivity contribution in [3.8, 4) is 0 Å². The van der Waals surface area contributed by atoms with Crippen molar-refractivity contribution < 1.29 is 13.2 Å². The van der Waals surface area contributed by atoms with Crippen LogP contribution < -0.4 is 11.1 Å². The highest BCUT2D eigenvalue weighted by molar-refractivity contribution is 5.59. The van der Waals surface area contributed by atoms with Gasteiger partial charge in [0.1, 0.15) is 0 Å². The molecule has 0 aliphatic carbocycles. The summed E-state index contributed by atoms with van der Waals surface area (Å²) in [4.78, 5) is 0. The van der Waals surface area contributed by atoms with Crippen LogP contribution in [0.1, 0.15) is 33.3 Å². The molecule has 18 heavy (non-hydrogen) atoms. The normalized spacial score (nSPS) is 14.4. The Labute approximate surface area is 105 Å². The van der Waals surface area contributed by atoms with Crippen LogP contribution in [0.25, 0.3) is 0 Å². The summed E-state index contributed by atoms with van der Waals surface area (Å²) in [7, 11) is 0. The summed E-state index contributed by atoms with van der Waals surface area (Å²) >= 11 is 0. The molecule has 5 heteroatoms. The molecule has 0 radical (unpaired) electrons. The van der Waals surface area contributed by atoms with Gasteiger partial charge in [-0.1, -0.05) is 20.8 Å². The smallest absolute Gasteiger partial charge is 0.399 e. The van der Waals surface area contributed by atoms with E-state index in [9.17, 15) is 13.2 Å². The second kappa shape index (κ2) is 4.71. The van der Waals surface area contributed by atoms with Crippen LogP contribution in [0.3, 0.4) is 0 Å². The van der Waals surface area contributed by atoms with E-state index in [-0.39, 0.29) is 22.8 Å². The van der Waals surface area contributed by atoms with E-state index in [1.807, 2.05) is 27.7 Å². The van der Waals surface area contributed by atoms with Crippen molar-refractivity contribution in [2.45, 2.75) is 39.9 Å². The summed E-state index contributed by atoms with van der Waals surface area (Å²) in [5.41, 5.74) is 4.73. The van der Waals surface area contributed by atoms with Gasteiger partial charge in [-0.15, -0.1) is 0 Å². The van der Waals surface area contributed by atoms with Crippen molar-refractivity contribution in [3.05, 3.63) is 23.8 Å². The highest BCUT2D eigenvalue weighted by Gasteiger charge is 2.34. The number of alkyl halides is 3. The predicted molar refractivity (Wildman–Crippen MR) is 68.4 cm³/mol. The SMILES string of the molecule is CC(Nc1ccc(N)cc1C(F)(F)F)C(C)(C)C. The van der Waals surface area contributed by atoms with E-state index >= 15 is 0 Å². The summed E-state index contributed by atoms with van der Waals surface area (Å²) in [5, 5.41) is 2.91. The van der Waals surface area contributed by atoms with Crippen LogP contribution in [-0.2, 0) is 6.18 Å². The Morgan fingerprint density at radius 2 is 1.72 bits per heavy atom. The number of anilines is 2. The predicted octanol–water partition coefficient (Wildman–Crippen LogP) is 4.13. The Morgan fingerprint density at radius 1 is 1.17 bits per heavy atom. The number of hydrogen-bond donors (Lipinski definition) is 2. The molecule has 1 aromatic rings. The van der Waals surface area contributed by atoms with Crippen LogP contribution in [0.5, 0.6) is 0 Å². The lowest BCUT2D eigenvalue weighted by Crippen LogP contribution is -2.31. The minimum Gasteiger partial charge on any atom is -0.399 e. The Morgan fingerprint density at radius 3 is 2.17 bits per heavy atom. The topological polar surface area (TPSA) is 38.0 Å². The highest BCUT2D eigenvalue weighted by atomic mass is 19.4. The van der Waals surface area contributed by atoms with Gasteiger partial charge in [-0.2, -0.15) is 13.2 Å². The van der Waals surface area contributed by atoms with Crippen LogP contribution >= 0.6 is 0 Å². The molecule has 3 N–H and O–H groups in total. The number of hydrogen-bond acceptors (Lipinski definition) is 2. The molecule has 0 heterocycles. The lowest BCUT2D eigenvalue weighted by molar-refractivity contribution is -0.136. The van der Waals surface area contributed by atoms with Crippen LogP contribution in [0.4, 0.5) is 24.5 Å². The van der Waals surface area contributed by atoms with E-state index in [2.05, 4.69) is 5.32 Å². The van der Waals surface area contributed by atoms with E-state index in [1.54, 1.807) is 0 Å². The standard InChI is InChI=1S/C13H19F3N2/c1-8(12(2,3)4)18-11-6-5-9(17)7-10(11)13(14,15)16/h5-8,18H,17H2,1-4H3. The zero-order chi connectivity index (χ0) is 14.1. The molecule has 0 fully saturated rings. The minimum atomic E-state index is -4.41. The van der Waals surface area contributed by atoms with Crippen molar-refractivity contribution in [3.63, 3.8) is 0 Å². The average Bonchev–Trinajstić information content (AvgIpc) is 2.17. The molecule has 102 valence electrons. The third-order valence-corrected chi connectivity index (χ3v) is 3.02. The fourth-order valence-corrected chi connectivity index (χ4v) is 1.37. The maximum atomic E-state index is 12.9. The van der Waals surface area contributed by atoms with Gasteiger partial charge >= 0.3 is 6.18 Å². The highest BCUT2D eigenvalue weighted by Crippen LogP contribution is 2.37. The molecule has 0 aromatic heterocycles. The summed E-state index contributed by atoms with van der Waals surface area (Å²) in [6.45, 7) is 7.76. The molecule has 0 bridgehead atoms. The van der Waals surface area contributed by atoms with Gasteiger partial charge in [0.25, 0.3) is 0 Å². The first-order chi connectivity index (χ1) is 8.01. The third kappa shape index (κ3) is 3.55. The van der Waals surface area contributed by atoms with Gasteiger partial charge in [0, 0.05) is 17.4 Å². The van der Waals surface area contributed by atoms with E-state index in [1.165, 1.54) is 12.1 Å². The largest absolute Gasteiger partial charge is 0.418 e. The Kier molecular flexibility index (Phi) is 3.84. The Balaban J connectivity index is 3.10. The van der Waals surface area contributed by atoms with Crippen molar-refractivity contribution in [2.75, 3.05) is 11.1 Å². The van der Waals surface area contributed by atoms with Gasteiger partial charge in [0.05, 0.1) is 5.56 Å². The maximum absolute atomic E-state index is 12.9. The molecular weight excluding hydrogens is 241 g/mol. The zero-order valence-electron chi connectivity index (χ0n) is 11.0. The summed E-state index contributed by atoms with van der Waals surface area (Å²) in [5.74, 6) is 0. The molecule has 0 saturated heterocycles. The van der Waals surface area contributed by atoms with Gasteiger partial charge in [-0.05, 0) is 30.5 Å².